The maximum Gasteiger partial charge on any atom is 0.409 e. The minimum Gasteiger partial charge on any atom is -0.490 e. The fraction of sp³-hybridized carbons (Fsp3) is 0.364. The van der Waals surface area contributed by atoms with Crippen molar-refractivity contribution in [1.82, 2.24) is 0 Å². The molecule has 0 saturated heterocycles. The van der Waals surface area contributed by atoms with Gasteiger partial charge in [0.1, 0.15) is 5.75 Å². The molecule has 0 radical (unpaired) electrons. The third-order valence-corrected chi connectivity index (χ3v) is 3.43. The normalized spacial score (nSPS) is 15.3. The van der Waals surface area contributed by atoms with E-state index in [9.17, 15) is 4.79 Å². The van der Waals surface area contributed by atoms with Gasteiger partial charge in [0.25, 0.3) is 0 Å². The lowest BCUT2D eigenvalue weighted by molar-refractivity contribution is 0.120. The summed E-state index contributed by atoms with van der Waals surface area (Å²) in [6.07, 6.45) is 2.76. The van der Waals surface area contributed by atoms with Gasteiger partial charge in [-0.15, -0.1) is 0 Å². The highest BCUT2D eigenvalue weighted by atomic mass is 127. The second kappa shape index (κ2) is 4.90. The first kappa shape index (κ1) is 11.5. The van der Waals surface area contributed by atoms with Crippen LogP contribution in [-0.4, -0.2) is 17.3 Å². The zero-order valence-corrected chi connectivity index (χ0v) is 10.7. The fourth-order valence-electron chi connectivity index (χ4n) is 1.47. The standard InChI is InChI=1S/C11H12INO3/c12-9-6-8(16-7-2-1-3-7)4-5-10(9)13-11(14)15/h4-7,13H,1-3H2,(H,14,15). The molecule has 2 rings (SSSR count). The van der Waals surface area contributed by atoms with E-state index in [1.807, 2.05) is 6.07 Å². The topological polar surface area (TPSA) is 58.6 Å². The summed E-state index contributed by atoms with van der Waals surface area (Å²) in [5, 5.41) is 10.9. The van der Waals surface area contributed by atoms with Gasteiger partial charge in [-0.3, -0.25) is 5.32 Å². The SMILES string of the molecule is O=C(O)Nc1ccc(OC2CCC2)cc1I. The molecule has 0 aromatic heterocycles. The smallest absolute Gasteiger partial charge is 0.409 e. The Kier molecular flexibility index (Phi) is 3.52. The van der Waals surface area contributed by atoms with Gasteiger partial charge in [0.05, 0.1) is 11.8 Å². The first-order valence-corrected chi connectivity index (χ1v) is 6.19. The highest BCUT2D eigenvalue weighted by Crippen LogP contribution is 2.28. The molecule has 0 spiro atoms. The van der Waals surface area contributed by atoms with Crippen molar-refractivity contribution in [3.05, 3.63) is 21.8 Å². The fourth-order valence-corrected chi connectivity index (χ4v) is 2.09. The maximum absolute atomic E-state index is 10.5. The summed E-state index contributed by atoms with van der Waals surface area (Å²) in [4.78, 5) is 10.5. The Labute approximate surface area is 107 Å². The Bertz CT molecular complexity index is 404. The number of ether oxygens (including phenoxy) is 1. The van der Waals surface area contributed by atoms with Crippen LogP contribution in [0.1, 0.15) is 19.3 Å². The number of carbonyl (C=O) groups is 1. The molecule has 1 aliphatic rings. The highest BCUT2D eigenvalue weighted by Gasteiger charge is 2.19. The van der Waals surface area contributed by atoms with Crippen LogP contribution in [0.2, 0.25) is 0 Å². The van der Waals surface area contributed by atoms with Crippen LogP contribution in [0, 0.1) is 3.57 Å². The molecule has 1 saturated carbocycles. The van der Waals surface area contributed by atoms with Crippen LogP contribution >= 0.6 is 22.6 Å². The molecule has 16 heavy (non-hydrogen) atoms. The molecule has 1 aromatic carbocycles. The van der Waals surface area contributed by atoms with Gasteiger partial charge in [-0.25, -0.2) is 4.79 Å². The Morgan fingerprint density at radius 2 is 2.25 bits per heavy atom. The molecule has 1 fully saturated rings. The monoisotopic (exact) mass is 333 g/mol. The second-order valence-corrected chi connectivity index (χ2v) is 4.90. The molecule has 0 aliphatic heterocycles. The van der Waals surface area contributed by atoms with Crippen LogP contribution in [0.4, 0.5) is 10.5 Å². The molecule has 1 aliphatic carbocycles. The minimum atomic E-state index is -1.05. The van der Waals surface area contributed by atoms with Crippen LogP contribution in [0.5, 0.6) is 5.75 Å². The molecule has 0 atom stereocenters. The Hall–Kier alpha value is -0.980. The van der Waals surface area contributed by atoms with E-state index in [4.69, 9.17) is 9.84 Å². The number of hydrogen-bond donors (Lipinski definition) is 2. The summed E-state index contributed by atoms with van der Waals surface area (Å²) >= 11 is 2.09. The Morgan fingerprint density at radius 3 is 2.75 bits per heavy atom. The van der Waals surface area contributed by atoms with Crippen molar-refractivity contribution < 1.29 is 14.6 Å². The van der Waals surface area contributed by atoms with Crippen molar-refractivity contribution >= 4 is 34.4 Å². The van der Waals surface area contributed by atoms with Crippen LogP contribution in [0.15, 0.2) is 18.2 Å². The molecule has 1 amide bonds. The summed E-state index contributed by atoms with van der Waals surface area (Å²) in [6, 6.07) is 5.37. The van der Waals surface area contributed by atoms with Gasteiger partial charge in [-0.05, 0) is 60.1 Å². The third-order valence-electron chi connectivity index (χ3n) is 2.54. The summed E-state index contributed by atoms with van der Waals surface area (Å²) in [5.41, 5.74) is 0.592. The van der Waals surface area contributed by atoms with Crippen LogP contribution in [0.25, 0.3) is 0 Å². The first-order valence-electron chi connectivity index (χ1n) is 5.11. The van der Waals surface area contributed by atoms with Gasteiger partial charge in [0, 0.05) is 3.57 Å². The van der Waals surface area contributed by atoms with Crippen LogP contribution in [0.3, 0.4) is 0 Å². The molecule has 0 heterocycles. The molecule has 86 valence electrons. The van der Waals surface area contributed by atoms with E-state index in [1.165, 1.54) is 6.42 Å². The lowest BCUT2D eigenvalue weighted by Crippen LogP contribution is -2.24. The number of rotatable bonds is 3. The van der Waals surface area contributed by atoms with Crippen LogP contribution < -0.4 is 10.1 Å². The van der Waals surface area contributed by atoms with Crippen molar-refractivity contribution in [3.63, 3.8) is 0 Å². The largest absolute Gasteiger partial charge is 0.490 e. The summed E-state index contributed by atoms with van der Waals surface area (Å²) in [6.45, 7) is 0. The van der Waals surface area contributed by atoms with E-state index in [0.29, 0.717) is 11.8 Å². The van der Waals surface area contributed by atoms with E-state index in [0.717, 1.165) is 22.2 Å². The predicted octanol–water partition coefficient (Wildman–Crippen LogP) is 3.31. The molecular weight excluding hydrogens is 321 g/mol. The van der Waals surface area contributed by atoms with Gasteiger partial charge in [0.2, 0.25) is 0 Å². The predicted molar refractivity (Wildman–Crippen MR) is 69.1 cm³/mol. The number of nitrogens with one attached hydrogen (secondary N) is 1. The molecule has 0 bridgehead atoms. The molecular formula is C11H12INO3. The Balaban J connectivity index is 2.05. The van der Waals surface area contributed by atoms with Crippen molar-refractivity contribution in [1.29, 1.82) is 0 Å². The lowest BCUT2D eigenvalue weighted by Gasteiger charge is -2.26. The van der Waals surface area contributed by atoms with Crippen molar-refractivity contribution in [2.45, 2.75) is 25.4 Å². The molecule has 2 N–H and O–H groups in total. The number of hydrogen-bond acceptors (Lipinski definition) is 2. The lowest BCUT2D eigenvalue weighted by atomic mass is 9.96. The average Bonchev–Trinajstić information content (AvgIpc) is 2.15. The number of halogens is 1. The summed E-state index contributed by atoms with van der Waals surface area (Å²) in [7, 11) is 0. The maximum atomic E-state index is 10.5. The number of benzene rings is 1. The number of carboxylic acid groups (broad SMARTS) is 1. The van der Waals surface area contributed by atoms with E-state index < -0.39 is 6.09 Å². The van der Waals surface area contributed by atoms with Crippen molar-refractivity contribution in [2.75, 3.05) is 5.32 Å². The zero-order chi connectivity index (χ0) is 11.5. The third kappa shape index (κ3) is 2.78. The molecule has 4 nitrogen and oxygen atoms in total. The summed E-state index contributed by atoms with van der Waals surface area (Å²) in [5.74, 6) is 0.810. The Morgan fingerprint density at radius 1 is 1.50 bits per heavy atom. The van der Waals surface area contributed by atoms with E-state index in [2.05, 4.69) is 27.9 Å². The van der Waals surface area contributed by atoms with E-state index in [-0.39, 0.29) is 0 Å². The highest BCUT2D eigenvalue weighted by molar-refractivity contribution is 14.1. The molecule has 1 aromatic rings. The molecule has 5 heteroatoms. The van der Waals surface area contributed by atoms with E-state index >= 15 is 0 Å². The van der Waals surface area contributed by atoms with Gasteiger partial charge in [-0.1, -0.05) is 0 Å². The van der Waals surface area contributed by atoms with Gasteiger partial charge in [-0.2, -0.15) is 0 Å². The van der Waals surface area contributed by atoms with Gasteiger partial charge < -0.3 is 9.84 Å². The van der Waals surface area contributed by atoms with Crippen LogP contribution in [-0.2, 0) is 0 Å². The van der Waals surface area contributed by atoms with Crippen molar-refractivity contribution in [2.24, 2.45) is 0 Å². The second-order valence-electron chi connectivity index (χ2n) is 3.74. The average molecular weight is 333 g/mol. The van der Waals surface area contributed by atoms with Gasteiger partial charge >= 0.3 is 6.09 Å². The van der Waals surface area contributed by atoms with Gasteiger partial charge in [0.15, 0.2) is 0 Å². The summed E-state index contributed by atoms with van der Waals surface area (Å²) < 4.78 is 6.56. The minimum absolute atomic E-state index is 0.342. The number of amides is 1. The first-order chi connectivity index (χ1) is 7.65. The molecule has 0 unspecified atom stereocenters. The van der Waals surface area contributed by atoms with Crippen molar-refractivity contribution in [3.8, 4) is 5.75 Å². The quantitative estimate of drug-likeness (QED) is 0.835. The zero-order valence-electron chi connectivity index (χ0n) is 8.57. The van der Waals surface area contributed by atoms with E-state index in [1.54, 1.807) is 12.1 Å². The number of anilines is 1.